The van der Waals surface area contributed by atoms with Gasteiger partial charge in [0.2, 0.25) is 5.91 Å². The normalized spacial score (nSPS) is 18.7. The number of rotatable bonds is 1. The molecule has 0 fully saturated rings. The quantitative estimate of drug-likeness (QED) is 0.577. The van der Waals surface area contributed by atoms with E-state index in [9.17, 15) is 4.79 Å². The van der Waals surface area contributed by atoms with Gasteiger partial charge >= 0.3 is 0 Å². The van der Waals surface area contributed by atoms with E-state index in [1.54, 1.807) is 0 Å². The first-order valence-electron chi connectivity index (χ1n) is 3.55. The average Bonchev–Trinajstić information content (AvgIpc) is 1.88. The molecule has 0 saturated heterocycles. The first-order chi connectivity index (χ1) is 4.70. The van der Waals surface area contributed by atoms with E-state index in [0.717, 1.165) is 12.1 Å². The molecule has 0 aliphatic carbocycles. The van der Waals surface area contributed by atoms with Gasteiger partial charge in [-0.15, -0.1) is 0 Å². The molecule has 3 nitrogen and oxygen atoms in total. The zero-order valence-electron chi connectivity index (χ0n) is 6.35. The molecule has 1 aliphatic heterocycles. The van der Waals surface area contributed by atoms with Gasteiger partial charge in [-0.1, -0.05) is 13.8 Å². The van der Waals surface area contributed by atoms with Gasteiger partial charge in [-0.05, 0) is 12.3 Å². The molecule has 0 atom stereocenters. The molecule has 0 bridgehead atoms. The van der Waals surface area contributed by atoms with E-state index in [1.807, 2.05) is 0 Å². The average molecular weight is 140 g/mol. The van der Waals surface area contributed by atoms with Crippen LogP contribution < -0.4 is 5.43 Å². The molecule has 1 N–H and O–H groups in total. The molecule has 56 valence electrons. The Morgan fingerprint density at radius 2 is 2.20 bits per heavy atom. The third-order valence-corrected chi connectivity index (χ3v) is 1.60. The maximum atomic E-state index is 10.6. The van der Waals surface area contributed by atoms with Crippen LogP contribution in [-0.2, 0) is 4.79 Å². The Kier molecular flexibility index (Phi) is 2.04. The number of amides is 1. The second-order valence-corrected chi connectivity index (χ2v) is 2.79. The minimum absolute atomic E-state index is 0.0319. The maximum Gasteiger partial charge on any atom is 0.240 e. The van der Waals surface area contributed by atoms with Gasteiger partial charge in [0.15, 0.2) is 0 Å². The van der Waals surface area contributed by atoms with Gasteiger partial charge < -0.3 is 0 Å². The summed E-state index contributed by atoms with van der Waals surface area (Å²) in [5.41, 5.74) is 3.56. The summed E-state index contributed by atoms with van der Waals surface area (Å²) < 4.78 is 0. The van der Waals surface area contributed by atoms with Gasteiger partial charge in [0.1, 0.15) is 0 Å². The molecule has 0 aromatic heterocycles. The fraction of sp³-hybridized carbons (Fsp3) is 0.714. The van der Waals surface area contributed by atoms with Crippen LogP contribution in [0.25, 0.3) is 0 Å². The molecule has 10 heavy (non-hydrogen) atoms. The van der Waals surface area contributed by atoms with Crippen LogP contribution in [0.4, 0.5) is 0 Å². The number of hydrazone groups is 1. The summed E-state index contributed by atoms with van der Waals surface area (Å²) in [7, 11) is 0. The zero-order valence-corrected chi connectivity index (χ0v) is 6.35. The van der Waals surface area contributed by atoms with Crippen molar-refractivity contribution in [3.8, 4) is 0 Å². The molecule has 1 heterocycles. The monoisotopic (exact) mass is 140 g/mol. The van der Waals surface area contributed by atoms with Crippen molar-refractivity contribution in [2.45, 2.75) is 26.7 Å². The van der Waals surface area contributed by atoms with Crippen molar-refractivity contribution in [1.82, 2.24) is 5.43 Å². The molecule has 1 rings (SSSR count). The number of hydrogen-bond acceptors (Lipinski definition) is 2. The van der Waals surface area contributed by atoms with Gasteiger partial charge in [0, 0.05) is 12.1 Å². The second kappa shape index (κ2) is 2.82. The smallest absolute Gasteiger partial charge is 0.240 e. The van der Waals surface area contributed by atoms with E-state index < -0.39 is 0 Å². The number of carbonyl (C=O) groups excluding carboxylic acids is 1. The lowest BCUT2D eigenvalue weighted by Crippen LogP contribution is -2.27. The van der Waals surface area contributed by atoms with Crippen LogP contribution in [0.3, 0.4) is 0 Å². The van der Waals surface area contributed by atoms with Gasteiger partial charge in [0.05, 0.1) is 0 Å². The van der Waals surface area contributed by atoms with Gasteiger partial charge in [0.25, 0.3) is 0 Å². The van der Waals surface area contributed by atoms with E-state index in [0.29, 0.717) is 12.3 Å². The van der Waals surface area contributed by atoms with Crippen LogP contribution in [0.5, 0.6) is 0 Å². The second-order valence-electron chi connectivity index (χ2n) is 2.79. The third-order valence-electron chi connectivity index (χ3n) is 1.60. The Balaban J connectivity index is 2.56. The summed E-state index contributed by atoms with van der Waals surface area (Å²) in [6.07, 6.45) is 1.42. The standard InChI is InChI=1S/C7H12N2O/c1-5(2)6-3-4-7(10)9-8-6/h5H,3-4H2,1-2H3,(H,9,10). The zero-order chi connectivity index (χ0) is 7.56. The van der Waals surface area contributed by atoms with E-state index in [4.69, 9.17) is 0 Å². The van der Waals surface area contributed by atoms with Crippen molar-refractivity contribution in [2.24, 2.45) is 11.0 Å². The highest BCUT2D eigenvalue weighted by Gasteiger charge is 2.13. The summed E-state index contributed by atoms with van der Waals surface area (Å²) in [5.74, 6) is 0.491. The summed E-state index contributed by atoms with van der Waals surface area (Å²) >= 11 is 0. The number of carbonyl (C=O) groups is 1. The van der Waals surface area contributed by atoms with Crippen molar-refractivity contribution in [3.63, 3.8) is 0 Å². The predicted octanol–water partition coefficient (Wildman–Crippen LogP) is 0.908. The number of hydrogen-bond donors (Lipinski definition) is 1. The summed E-state index contributed by atoms with van der Waals surface area (Å²) in [6.45, 7) is 4.16. The van der Waals surface area contributed by atoms with E-state index >= 15 is 0 Å². The van der Waals surface area contributed by atoms with Crippen LogP contribution in [-0.4, -0.2) is 11.6 Å². The molecule has 0 saturated carbocycles. The van der Waals surface area contributed by atoms with Crippen LogP contribution in [0.1, 0.15) is 26.7 Å². The van der Waals surface area contributed by atoms with E-state index in [2.05, 4.69) is 24.4 Å². The molecule has 1 aliphatic rings. The third kappa shape index (κ3) is 1.56. The first kappa shape index (κ1) is 7.25. The Bertz CT molecular complexity index is 172. The molecular weight excluding hydrogens is 128 g/mol. The van der Waals surface area contributed by atoms with E-state index in [-0.39, 0.29) is 5.91 Å². The van der Waals surface area contributed by atoms with Crippen molar-refractivity contribution < 1.29 is 4.79 Å². The molecular formula is C7H12N2O. The molecule has 0 aromatic rings. The molecule has 1 amide bonds. The van der Waals surface area contributed by atoms with Gasteiger partial charge in [-0.2, -0.15) is 5.10 Å². The van der Waals surface area contributed by atoms with Crippen LogP contribution in [0, 0.1) is 5.92 Å². The molecule has 0 aromatic carbocycles. The van der Waals surface area contributed by atoms with Crippen molar-refractivity contribution in [3.05, 3.63) is 0 Å². The lowest BCUT2D eigenvalue weighted by molar-refractivity contribution is -0.121. The Morgan fingerprint density at radius 1 is 1.50 bits per heavy atom. The molecule has 0 unspecified atom stereocenters. The largest absolute Gasteiger partial charge is 0.273 e. The lowest BCUT2D eigenvalue weighted by atomic mass is 10.0. The maximum absolute atomic E-state index is 10.6. The molecule has 0 radical (unpaired) electrons. The van der Waals surface area contributed by atoms with Gasteiger partial charge in [-0.3, -0.25) is 4.79 Å². The molecule has 3 heteroatoms. The lowest BCUT2D eigenvalue weighted by Gasteiger charge is -2.13. The van der Waals surface area contributed by atoms with Gasteiger partial charge in [-0.25, -0.2) is 5.43 Å². The molecule has 0 spiro atoms. The minimum atomic E-state index is 0.0319. The summed E-state index contributed by atoms with van der Waals surface area (Å²) in [4.78, 5) is 10.6. The Morgan fingerprint density at radius 3 is 2.60 bits per heavy atom. The highest BCUT2D eigenvalue weighted by Crippen LogP contribution is 2.07. The van der Waals surface area contributed by atoms with Crippen molar-refractivity contribution in [1.29, 1.82) is 0 Å². The first-order valence-corrected chi connectivity index (χ1v) is 3.55. The van der Waals surface area contributed by atoms with Crippen LogP contribution in [0.2, 0.25) is 0 Å². The summed E-state index contributed by atoms with van der Waals surface area (Å²) in [5, 5.41) is 3.93. The fourth-order valence-electron chi connectivity index (χ4n) is 0.905. The Hall–Kier alpha value is -0.860. The number of nitrogens with one attached hydrogen (secondary N) is 1. The van der Waals surface area contributed by atoms with Crippen LogP contribution in [0.15, 0.2) is 5.10 Å². The van der Waals surface area contributed by atoms with Crippen LogP contribution >= 0.6 is 0 Å². The SMILES string of the molecule is CC(C)C1=NNC(=O)CC1. The highest BCUT2D eigenvalue weighted by atomic mass is 16.2. The highest BCUT2D eigenvalue weighted by molar-refractivity contribution is 5.93. The van der Waals surface area contributed by atoms with Crippen molar-refractivity contribution >= 4 is 11.6 Å². The topological polar surface area (TPSA) is 41.5 Å². The summed E-state index contributed by atoms with van der Waals surface area (Å²) in [6, 6.07) is 0. The fourth-order valence-corrected chi connectivity index (χ4v) is 0.905. The van der Waals surface area contributed by atoms with Crippen molar-refractivity contribution in [2.75, 3.05) is 0 Å². The Labute approximate surface area is 60.5 Å². The number of nitrogens with zero attached hydrogens (tertiary/aromatic N) is 1. The minimum Gasteiger partial charge on any atom is -0.273 e. The van der Waals surface area contributed by atoms with E-state index in [1.165, 1.54) is 0 Å². The predicted molar refractivity (Wildman–Crippen MR) is 39.6 cm³/mol.